The van der Waals surface area contributed by atoms with Gasteiger partial charge >= 0.3 is 18.1 Å². The molecule has 0 saturated heterocycles. The van der Waals surface area contributed by atoms with Crippen molar-refractivity contribution in [3.8, 4) is 5.75 Å². The monoisotopic (exact) mass is 648 g/mol. The van der Waals surface area contributed by atoms with E-state index >= 15 is 0 Å². The summed E-state index contributed by atoms with van der Waals surface area (Å²) in [5.41, 5.74) is 2.68. The highest BCUT2D eigenvalue weighted by Crippen LogP contribution is 2.63. The van der Waals surface area contributed by atoms with Crippen molar-refractivity contribution in [2.45, 2.75) is 134 Å². The van der Waals surface area contributed by atoms with Crippen LogP contribution in [0.15, 0.2) is 18.2 Å². The van der Waals surface area contributed by atoms with Crippen LogP contribution in [-0.4, -0.2) is 45.0 Å². The van der Waals surface area contributed by atoms with Crippen molar-refractivity contribution in [1.82, 2.24) is 0 Å². The number of ether oxygens (including phenoxy) is 1. The third-order valence-electron chi connectivity index (χ3n) is 10.8. The van der Waals surface area contributed by atoms with Gasteiger partial charge in [-0.1, -0.05) is 51.5 Å². The van der Waals surface area contributed by atoms with Crippen LogP contribution in [0.3, 0.4) is 0 Å². The number of halogens is 5. The lowest BCUT2D eigenvalue weighted by molar-refractivity contribution is -0.284. The molecule has 0 spiro atoms. The Morgan fingerprint density at radius 1 is 0.977 bits per heavy atom. The number of hydrogen-bond acceptors (Lipinski definition) is 4. The van der Waals surface area contributed by atoms with Crippen LogP contribution in [0, 0.1) is 23.2 Å². The van der Waals surface area contributed by atoms with Gasteiger partial charge in [0.05, 0.1) is 0 Å². The van der Waals surface area contributed by atoms with E-state index in [1.165, 1.54) is 18.1 Å². The van der Waals surface area contributed by atoms with Gasteiger partial charge in [-0.3, -0.25) is 9.00 Å². The van der Waals surface area contributed by atoms with Gasteiger partial charge in [0.2, 0.25) is 0 Å². The quantitative estimate of drug-likeness (QED) is 0.117. The maximum Gasteiger partial charge on any atom is 0.453 e. The lowest BCUT2D eigenvalue weighted by Crippen LogP contribution is -2.48. The summed E-state index contributed by atoms with van der Waals surface area (Å²) < 4.78 is 80.5. The molecule has 0 bridgehead atoms. The number of unbranched alkanes of at least 4 members (excludes halogenated alkanes) is 6. The van der Waals surface area contributed by atoms with Gasteiger partial charge in [0.15, 0.2) is 0 Å². The smallest absolute Gasteiger partial charge is 0.453 e. The molecule has 250 valence electrons. The number of alkyl halides is 5. The van der Waals surface area contributed by atoms with E-state index in [0.29, 0.717) is 41.6 Å². The highest BCUT2D eigenvalue weighted by molar-refractivity contribution is 7.84. The Balaban J connectivity index is 1.19. The number of fused-ring (bicyclic) bond motifs is 5. The number of rotatable bonds is 15. The molecule has 4 rings (SSSR count). The molecule has 10 heteroatoms. The SMILES string of the molecule is CC(=O)O[C@H]1CCC2C3C(CCCCCCCCCS(=O)CCCC(F)(F)C(F)(F)F)Cc4cc(O)ccc4C3CC[C@@]21C. The van der Waals surface area contributed by atoms with E-state index in [-0.39, 0.29) is 23.2 Å². The highest BCUT2D eigenvalue weighted by Gasteiger charge is 2.58. The van der Waals surface area contributed by atoms with E-state index in [1.807, 2.05) is 12.1 Å². The van der Waals surface area contributed by atoms with Crippen LogP contribution in [-0.2, 0) is 26.8 Å². The summed E-state index contributed by atoms with van der Waals surface area (Å²) in [5.74, 6) is -2.29. The Bertz CT molecular complexity index is 1140. The van der Waals surface area contributed by atoms with Crippen LogP contribution in [0.25, 0.3) is 0 Å². The van der Waals surface area contributed by atoms with Gasteiger partial charge < -0.3 is 9.84 Å². The summed E-state index contributed by atoms with van der Waals surface area (Å²) in [4.78, 5) is 11.9. The lowest BCUT2D eigenvalue weighted by Gasteiger charge is -2.53. The second kappa shape index (κ2) is 14.8. The summed E-state index contributed by atoms with van der Waals surface area (Å²) in [5, 5.41) is 10.2. The number of aromatic hydroxyl groups is 1. The van der Waals surface area contributed by atoms with Crippen molar-refractivity contribution >= 4 is 16.8 Å². The molecule has 7 atom stereocenters. The number of esters is 1. The van der Waals surface area contributed by atoms with E-state index in [1.54, 1.807) is 0 Å². The number of carbonyl (C=O) groups excluding carboxylic acids is 1. The first-order chi connectivity index (χ1) is 20.7. The number of phenols is 1. The van der Waals surface area contributed by atoms with Crippen molar-refractivity contribution < 1.29 is 40.8 Å². The first-order valence-electron chi connectivity index (χ1n) is 16.5. The maximum absolute atomic E-state index is 13.0. The predicted octanol–water partition coefficient (Wildman–Crippen LogP) is 9.25. The second-order valence-corrected chi connectivity index (χ2v) is 15.5. The van der Waals surface area contributed by atoms with Gasteiger partial charge in [-0.05, 0) is 98.3 Å². The van der Waals surface area contributed by atoms with Gasteiger partial charge in [-0.25, -0.2) is 0 Å². The molecule has 2 saturated carbocycles. The van der Waals surface area contributed by atoms with Crippen LogP contribution in [0.1, 0.15) is 121 Å². The van der Waals surface area contributed by atoms with Crippen LogP contribution in [0.2, 0.25) is 0 Å². The van der Waals surface area contributed by atoms with Crippen LogP contribution < -0.4 is 0 Å². The van der Waals surface area contributed by atoms with Gasteiger partial charge in [-0.2, -0.15) is 22.0 Å². The average Bonchev–Trinajstić information content (AvgIpc) is 3.26. The maximum atomic E-state index is 13.0. The second-order valence-electron chi connectivity index (χ2n) is 13.8. The summed E-state index contributed by atoms with van der Waals surface area (Å²) in [7, 11) is -1.37. The van der Waals surface area contributed by atoms with E-state index in [4.69, 9.17) is 4.74 Å². The molecule has 0 aliphatic heterocycles. The number of benzene rings is 1. The van der Waals surface area contributed by atoms with E-state index in [0.717, 1.165) is 77.0 Å². The molecule has 1 N–H and O–H groups in total. The summed E-state index contributed by atoms with van der Waals surface area (Å²) in [6, 6.07) is 5.90. The fourth-order valence-electron chi connectivity index (χ4n) is 8.66. The average molecular weight is 649 g/mol. The standard InChI is InChI=1S/C34H49F5O4S/c1-23(40)43-30-15-14-29-31-24(21-25-22-26(41)12-13-27(25)28(31)16-18-32(29,30)2)11-8-6-4-3-5-7-9-19-44(42)20-10-17-33(35,36)34(37,38)39/h12-13,22,24,28-31,41H,3-11,14-21H2,1-2H3/t24?,28?,29?,30-,31?,32-,44?/m0/s1. The summed E-state index contributed by atoms with van der Waals surface area (Å²) >= 11 is 0. The van der Waals surface area contributed by atoms with Crippen LogP contribution in [0.5, 0.6) is 5.75 Å². The van der Waals surface area contributed by atoms with Crippen molar-refractivity contribution in [3.63, 3.8) is 0 Å². The Morgan fingerprint density at radius 2 is 1.64 bits per heavy atom. The summed E-state index contributed by atoms with van der Waals surface area (Å²) in [6.45, 7) is 3.84. The highest BCUT2D eigenvalue weighted by atomic mass is 32.2. The predicted molar refractivity (Wildman–Crippen MR) is 162 cm³/mol. The Morgan fingerprint density at radius 3 is 2.32 bits per heavy atom. The number of hydrogen-bond donors (Lipinski definition) is 1. The molecule has 44 heavy (non-hydrogen) atoms. The Hall–Kier alpha value is -1.71. The lowest BCUT2D eigenvalue weighted by atomic mass is 9.52. The molecule has 5 unspecified atom stereocenters. The fourth-order valence-corrected chi connectivity index (χ4v) is 9.85. The molecular formula is C34H49F5O4S. The zero-order valence-corrected chi connectivity index (χ0v) is 26.9. The number of phenolic OH excluding ortho intramolecular Hbond substituents is 1. The zero-order valence-electron chi connectivity index (χ0n) is 26.1. The number of carbonyl (C=O) groups is 1. The molecule has 3 aliphatic carbocycles. The van der Waals surface area contributed by atoms with Crippen molar-refractivity contribution in [3.05, 3.63) is 29.3 Å². The molecule has 2 fully saturated rings. The topological polar surface area (TPSA) is 63.6 Å². The normalized spacial score (nSPS) is 29.0. The van der Waals surface area contributed by atoms with Gasteiger partial charge in [0.1, 0.15) is 11.9 Å². The third-order valence-corrected chi connectivity index (χ3v) is 12.3. The van der Waals surface area contributed by atoms with Crippen LogP contribution >= 0.6 is 0 Å². The molecule has 3 aliphatic rings. The molecule has 1 aromatic rings. The molecule has 0 radical (unpaired) electrons. The largest absolute Gasteiger partial charge is 0.508 e. The van der Waals surface area contributed by atoms with Crippen molar-refractivity contribution in [1.29, 1.82) is 0 Å². The van der Waals surface area contributed by atoms with Gasteiger partial charge in [0, 0.05) is 41.1 Å². The molecule has 0 amide bonds. The van der Waals surface area contributed by atoms with Gasteiger partial charge in [-0.15, -0.1) is 0 Å². The summed E-state index contributed by atoms with van der Waals surface area (Å²) in [6.07, 6.45) is 5.94. The van der Waals surface area contributed by atoms with Crippen LogP contribution in [0.4, 0.5) is 22.0 Å². The minimum absolute atomic E-state index is 0.00984. The Labute approximate surface area is 261 Å². The van der Waals surface area contributed by atoms with Crippen molar-refractivity contribution in [2.24, 2.45) is 23.2 Å². The minimum Gasteiger partial charge on any atom is -0.508 e. The van der Waals surface area contributed by atoms with E-state index in [2.05, 4.69) is 13.0 Å². The molecule has 0 heterocycles. The molecule has 4 nitrogen and oxygen atoms in total. The molecule has 1 aromatic carbocycles. The van der Waals surface area contributed by atoms with E-state index in [9.17, 15) is 36.1 Å². The third kappa shape index (κ3) is 8.35. The Kier molecular flexibility index (Phi) is 11.8. The first kappa shape index (κ1) is 35.1. The van der Waals surface area contributed by atoms with Gasteiger partial charge in [0.25, 0.3) is 0 Å². The van der Waals surface area contributed by atoms with Crippen molar-refractivity contribution in [2.75, 3.05) is 11.5 Å². The minimum atomic E-state index is -5.55. The van der Waals surface area contributed by atoms with E-state index < -0.39 is 35.7 Å². The molecular weight excluding hydrogens is 599 g/mol. The molecule has 0 aromatic heterocycles. The zero-order chi connectivity index (χ0) is 32.1. The first-order valence-corrected chi connectivity index (χ1v) is 18.0. The fraction of sp³-hybridized carbons (Fsp3) is 0.794.